The lowest BCUT2D eigenvalue weighted by atomic mass is 9.98. The van der Waals surface area contributed by atoms with Crippen LogP contribution in [0.15, 0.2) is 41.0 Å². The minimum atomic E-state index is -0.615. The van der Waals surface area contributed by atoms with Crippen LogP contribution in [0.25, 0.3) is 0 Å². The third kappa shape index (κ3) is 3.92. The summed E-state index contributed by atoms with van der Waals surface area (Å²) in [4.78, 5) is 25.0. The van der Waals surface area contributed by atoms with Crippen LogP contribution in [0, 0.1) is 5.92 Å². The first-order valence-electron chi connectivity index (χ1n) is 8.85. The molecule has 1 aliphatic carbocycles. The SMILES string of the molecule is CCC(C)C(NC(=O)c1ccco1)C(=O)Nc1ccc2c(c1)CCC2. The van der Waals surface area contributed by atoms with Gasteiger partial charge in [-0.25, -0.2) is 0 Å². The van der Waals surface area contributed by atoms with Crippen molar-refractivity contribution in [3.8, 4) is 0 Å². The van der Waals surface area contributed by atoms with Crippen LogP contribution in [0.2, 0.25) is 0 Å². The number of rotatable bonds is 6. The Morgan fingerprint density at radius 1 is 1.20 bits per heavy atom. The smallest absolute Gasteiger partial charge is 0.287 e. The molecule has 132 valence electrons. The lowest BCUT2D eigenvalue weighted by Gasteiger charge is -2.23. The van der Waals surface area contributed by atoms with E-state index in [9.17, 15) is 9.59 Å². The van der Waals surface area contributed by atoms with E-state index >= 15 is 0 Å². The molecule has 0 saturated carbocycles. The summed E-state index contributed by atoms with van der Waals surface area (Å²) in [6.07, 6.45) is 5.56. The summed E-state index contributed by atoms with van der Waals surface area (Å²) in [6, 6.07) is 8.68. The van der Waals surface area contributed by atoms with Crippen molar-refractivity contribution in [1.82, 2.24) is 5.32 Å². The Morgan fingerprint density at radius 3 is 2.72 bits per heavy atom. The minimum absolute atomic E-state index is 0.00772. The topological polar surface area (TPSA) is 71.3 Å². The molecule has 0 radical (unpaired) electrons. The summed E-state index contributed by atoms with van der Waals surface area (Å²) in [5.41, 5.74) is 3.45. The molecule has 2 N–H and O–H groups in total. The van der Waals surface area contributed by atoms with Gasteiger partial charge in [0.05, 0.1) is 6.26 Å². The highest BCUT2D eigenvalue weighted by molar-refractivity contribution is 6.00. The normalized spacial score (nSPS) is 15.3. The molecule has 0 bridgehead atoms. The number of fused-ring (bicyclic) bond motifs is 1. The Hall–Kier alpha value is -2.56. The molecule has 0 aliphatic heterocycles. The van der Waals surface area contributed by atoms with Crippen molar-refractivity contribution in [3.05, 3.63) is 53.5 Å². The fourth-order valence-corrected chi connectivity index (χ4v) is 3.19. The zero-order chi connectivity index (χ0) is 17.8. The molecule has 5 nitrogen and oxygen atoms in total. The maximum Gasteiger partial charge on any atom is 0.287 e. The van der Waals surface area contributed by atoms with E-state index < -0.39 is 6.04 Å². The van der Waals surface area contributed by atoms with Gasteiger partial charge in [0.2, 0.25) is 5.91 Å². The monoisotopic (exact) mass is 340 g/mol. The molecule has 1 aliphatic rings. The molecular formula is C20H24N2O3. The number of nitrogens with one attached hydrogen (secondary N) is 2. The highest BCUT2D eigenvalue weighted by Crippen LogP contribution is 2.25. The fraction of sp³-hybridized carbons (Fsp3) is 0.400. The fourth-order valence-electron chi connectivity index (χ4n) is 3.19. The molecule has 0 saturated heterocycles. The summed E-state index contributed by atoms with van der Waals surface area (Å²) >= 11 is 0. The van der Waals surface area contributed by atoms with Gasteiger partial charge in [-0.3, -0.25) is 9.59 Å². The average Bonchev–Trinajstić information content (AvgIpc) is 3.29. The van der Waals surface area contributed by atoms with Gasteiger partial charge in [-0.15, -0.1) is 0 Å². The highest BCUT2D eigenvalue weighted by atomic mass is 16.3. The van der Waals surface area contributed by atoms with Crippen molar-refractivity contribution in [2.45, 2.75) is 45.6 Å². The quantitative estimate of drug-likeness (QED) is 0.845. The van der Waals surface area contributed by atoms with E-state index in [1.807, 2.05) is 26.0 Å². The van der Waals surface area contributed by atoms with E-state index in [4.69, 9.17) is 4.42 Å². The zero-order valence-corrected chi connectivity index (χ0v) is 14.7. The average molecular weight is 340 g/mol. The summed E-state index contributed by atoms with van der Waals surface area (Å²) in [7, 11) is 0. The molecule has 1 aromatic heterocycles. The van der Waals surface area contributed by atoms with Gasteiger partial charge in [0.15, 0.2) is 5.76 Å². The van der Waals surface area contributed by atoms with Crippen molar-refractivity contribution in [3.63, 3.8) is 0 Å². The second kappa shape index (κ2) is 7.55. The molecule has 0 fully saturated rings. The van der Waals surface area contributed by atoms with Crippen molar-refractivity contribution in [2.75, 3.05) is 5.32 Å². The van der Waals surface area contributed by atoms with Gasteiger partial charge in [0.1, 0.15) is 6.04 Å². The summed E-state index contributed by atoms with van der Waals surface area (Å²) in [5.74, 6) is -0.362. The number of carbonyl (C=O) groups excluding carboxylic acids is 2. The zero-order valence-electron chi connectivity index (χ0n) is 14.7. The van der Waals surface area contributed by atoms with Crippen LogP contribution in [0.3, 0.4) is 0 Å². The molecule has 2 amide bonds. The molecular weight excluding hydrogens is 316 g/mol. The van der Waals surface area contributed by atoms with Crippen LogP contribution in [-0.2, 0) is 17.6 Å². The van der Waals surface area contributed by atoms with Gasteiger partial charge in [-0.2, -0.15) is 0 Å². The molecule has 3 rings (SSSR count). The number of anilines is 1. The minimum Gasteiger partial charge on any atom is -0.459 e. The van der Waals surface area contributed by atoms with Crippen molar-refractivity contribution in [2.24, 2.45) is 5.92 Å². The summed E-state index contributed by atoms with van der Waals surface area (Å²) in [5, 5.41) is 5.75. The summed E-state index contributed by atoms with van der Waals surface area (Å²) < 4.78 is 5.11. The molecule has 0 spiro atoms. The van der Waals surface area contributed by atoms with Crippen LogP contribution in [0.4, 0.5) is 5.69 Å². The molecule has 25 heavy (non-hydrogen) atoms. The summed E-state index contributed by atoms with van der Waals surface area (Å²) in [6.45, 7) is 3.95. The Labute approximate surface area is 147 Å². The highest BCUT2D eigenvalue weighted by Gasteiger charge is 2.27. The molecule has 2 unspecified atom stereocenters. The van der Waals surface area contributed by atoms with Crippen molar-refractivity contribution in [1.29, 1.82) is 0 Å². The van der Waals surface area contributed by atoms with E-state index in [2.05, 4.69) is 16.7 Å². The molecule has 2 aromatic rings. The van der Waals surface area contributed by atoms with Gasteiger partial charge >= 0.3 is 0 Å². The van der Waals surface area contributed by atoms with Gasteiger partial charge in [-0.05, 0) is 60.6 Å². The predicted molar refractivity (Wildman–Crippen MR) is 96.5 cm³/mol. The number of aryl methyl sites for hydroxylation is 2. The number of amides is 2. The van der Waals surface area contributed by atoms with Crippen molar-refractivity contribution >= 4 is 17.5 Å². The van der Waals surface area contributed by atoms with Gasteiger partial charge < -0.3 is 15.1 Å². The van der Waals surface area contributed by atoms with Crippen LogP contribution in [0.1, 0.15) is 48.4 Å². The third-order valence-electron chi connectivity index (χ3n) is 4.89. The first-order chi connectivity index (χ1) is 12.1. The van der Waals surface area contributed by atoms with E-state index in [0.717, 1.165) is 24.9 Å². The van der Waals surface area contributed by atoms with Crippen molar-refractivity contribution < 1.29 is 14.0 Å². The Balaban J connectivity index is 1.72. The number of carbonyl (C=O) groups is 2. The van der Waals surface area contributed by atoms with Gasteiger partial charge in [0.25, 0.3) is 5.91 Å². The maximum atomic E-state index is 12.8. The van der Waals surface area contributed by atoms with Crippen LogP contribution in [-0.4, -0.2) is 17.9 Å². The van der Waals surface area contributed by atoms with Crippen LogP contribution < -0.4 is 10.6 Å². The second-order valence-electron chi connectivity index (χ2n) is 6.64. The largest absolute Gasteiger partial charge is 0.459 e. The number of benzene rings is 1. The first kappa shape index (κ1) is 17.3. The van der Waals surface area contributed by atoms with Crippen LogP contribution in [0.5, 0.6) is 0 Å². The van der Waals surface area contributed by atoms with E-state index in [-0.39, 0.29) is 23.5 Å². The molecule has 1 aromatic carbocycles. The predicted octanol–water partition coefficient (Wildman–Crippen LogP) is 3.55. The van der Waals surface area contributed by atoms with E-state index in [1.54, 1.807) is 12.1 Å². The number of hydrogen-bond acceptors (Lipinski definition) is 3. The molecule has 1 heterocycles. The number of hydrogen-bond donors (Lipinski definition) is 2. The Morgan fingerprint density at radius 2 is 2.00 bits per heavy atom. The third-order valence-corrected chi connectivity index (χ3v) is 4.89. The van der Waals surface area contributed by atoms with Crippen LogP contribution >= 0.6 is 0 Å². The van der Waals surface area contributed by atoms with E-state index in [1.165, 1.54) is 23.8 Å². The Kier molecular flexibility index (Phi) is 5.22. The second-order valence-corrected chi connectivity index (χ2v) is 6.64. The van der Waals surface area contributed by atoms with Gasteiger partial charge in [0, 0.05) is 5.69 Å². The van der Waals surface area contributed by atoms with Gasteiger partial charge in [-0.1, -0.05) is 26.3 Å². The molecule has 2 atom stereocenters. The molecule has 5 heteroatoms. The Bertz CT molecular complexity index is 752. The standard InChI is InChI=1S/C20H24N2O3/c1-3-13(2)18(22-19(23)17-8-5-11-25-17)20(24)21-16-10-9-14-6-4-7-15(14)12-16/h5,8-13,18H,3-4,6-7H2,1-2H3,(H,21,24)(H,22,23). The lowest BCUT2D eigenvalue weighted by Crippen LogP contribution is -2.47. The van der Waals surface area contributed by atoms with E-state index in [0.29, 0.717) is 0 Å². The lowest BCUT2D eigenvalue weighted by molar-refractivity contribution is -0.119. The maximum absolute atomic E-state index is 12.8. The number of furan rings is 1. The first-order valence-corrected chi connectivity index (χ1v) is 8.85.